The number of anilines is 2. The van der Waals surface area contributed by atoms with Crippen molar-refractivity contribution in [2.75, 3.05) is 36.5 Å². The molecule has 0 atom stereocenters. The number of aromatic carboxylic acids is 1. The van der Waals surface area contributed by atoms with Gasteiger partial charge in [0, 0.05) is 19.6 Å². The minimum atomic E-state index is -1.01. The number of piperazine rings is 1. The summed E-state index contributed by atoms with van der Waals surface area (Å²) in [5.74, 6) is 0.552. The topological polar surface area (TPSA) is 65.9 Å². The van der Waals surface area contributed by atoms with Crippen molar-refractivity contribution in [3.8, 4) is 5.75 Å². The van der Waals surface area contributed by atoms with Gasteiger partial charge in [0.05, 0.1) is 18.3 Å². The molecule has 0 amide bonds. The van der Waals surface area contributed by atoms with Gasteiger partial charge >= 0.3 is 5.97 Å². The quantitative estimate of drug-likeness (QED) is 0.922. The Balaban J connectivity index is 1.85. The molecule has 1 aromatic heterocycles. The molecular weight excluding hydrogens is 318 g/mol. The number of hydrogen-bond donors (Lipinski definition) is 1. The Morgan fingerprint density at radius 2 is 1.92 bits per heavy atom. The Hall–Kier alpha value is -2.76. The molecule has 0 aliphatic carbocycles. The van der Waals surface area contributed by atoms with E-state index in [-0.39, 0.29) is 11.2 Å². The first kappa shape index (κ1) is 17.1. The molecule has 25 heavy (non-hydrogen) atoms. The van der Waals surface area contributed by atoms with Gasteiger partial charge in [0.1, 0.15) is 11.6 Å². The fourth-order valence-corrected chi connectivity index (χ4v) is 3.37. The summed E-state index contributed by atoms with van der Waals surface area (Å²) in [6.45, 7) is 6.64. The fraction of sp³-hybridized carbons (Fsp3) is 0.368. The second kappa shape index (κ2) is 6.63. The van der Waals surface area contributed by atoms with Crippen LogP contribution < -0.4 is 14.5 Å². The van der Waals surface area contributed by atoms with Crippen LogP contribution in [-0.2, 0) is 0 Å². The average Bonchev–Trinajstić information content (AvgIpc) is 2.61. The highest BCUT2D eigenvalue weighted by atomic mass is 16.5. The molecular formula is C19H23N3O3. The standard InChI is InChI=1S/C19H23N3O3/c1-19(2)13-21(17-10-6-7-14(20-17)18(23)24)11-12-22(19)15-8-4-5-9-16(15)25-3/h4-10H,11-13H2,1-3H3,(H,23,24). The molecule has 0 spiro atoms. The Morgan fingerprint density at radius 1 is 1.16 bits per heavy atom. The first-order chi connectivity index (χ1) is 11.9. The monoisotopic (exact) mass is 341 g/mol. The van der Waals surface area contributed by atoms with Crippen molar-refractivity contribution in [2.45, 2.75) is 19.4 Å². The van der Waals surface area contributed by atoms with Crippen LogP contribution in [0.3, 0.4) is 0 Å². The summed E-state index contributed by atoms with van der Waals surface area (Å²) in [7, 11) is 1.68. The fourth-order valence-electron chi connectivity index (χ4n) is 3.37. The van der Waals surface area contributed by atoms with Crippen molar-refractivity contribution in [3.05, 3.63) is 48.2 Å². The van der Waals surface area contributed by atoms with Crippen LogP contribution in [0.1, 0.15) is 24.3 Å². The molecule has 0 unspecified atom stereocenters. The first-order valence-electron chi connectivity index (χ1n) is 8.28. The van der Waals surface area contributed by atoms with E-state index in [0.29, 0.717) is 5.82 Å². The smallest absolute Gasteiger partial charge is 0.354 e. The van der Waals surface area contributed by atoms with Crippen LogP contribution in [0.4, 0.5) is 11.5 Å². The van der Waals surface area contributed by atoms with E-state index in [4.69, 9.17) is 9.84 Å². The Labute approximate surface area is 147 Å². The maximum absolute atomic E-state index is 11.2. The van der Waals surface area contributed by atoms with E-state index in [2.05, 4.69) is 34.7 Å². The van der Waals surface area contributed by atoms with Gasteiger partial charge in [-0.2, -0.15) is 0 Å². The van der Waals surface area contributed by atoms with E-state index in [9.17, 15) is 4.79 Å². The molecule has 0 bridgehead atoms. The van der Waals surface area contributed by atoms with Crippen molar-refractivity contribution in [3.63, 3.8) is 0 Å². The molecule has 6 heteroatoms. The summed E-state index contributed by atoms with van der Waals surface area (Å²) < 4.78 is 5.51. The van der Waals surface area contributed by atoms with E-state index in [1.165, 1.54) is 6.07 Å². The molecule has 6 nitrogen and oxygen atoms in total. The number of pyridine rings is 1. The predicted molar refractivity (Wildman–Crippen MR) is 97.8 cm³/mol. The zero-order valence-electron chi connectivity index (χ0n) is 14.8. The highest BCUT2D eigenvalue weighted by Gasteiger charge is 2.35. The van der Waals surface area contributed by atoms with Gasteiger partial charge in [0.15, 0.2) is 5.69 Å². The number of carboxylic acid groups (broad SMARTS) is 1. The van der Waals surface area contributed by atoms with Crippen molar-refractivity contribution in [2.24, 2.45) is 0 Å². The second-order valence-electron chi connectivity index (χ2n) is 6.74. The molecule has 2 aromatic rings. The maximum Gasteiger partial charge on any atom is 0.354 e. The summed E-state index contributed by atoms with van der Waals surface area (Å²) in [6.07, 6.45) is 0. The maximum atomic E-state index is 11.2. The summed E-state index contributed by atoms with van der Waals surface area (Å²) in [5, 5.41) is 9.16. The minimum Gasteiger partial charge on any atom is -0.495 e. The largest absolute Gasteiger partial charge is 0.495 e. The SMILES string of the molecule is COc1ccccc1N1CCN(c2cccc(C(=O)O)n2)CC1(C)C. The molecule has 0 saturated carbocycles. The summed E-state index contributed by atoms with van der Waals surface area (Å²) in [5.41, 5.74) is 0.984. The molecule has 1 fully saturated rings. The van der Waals surface area contributed by atoms with Gasteiger partial charge in [0.25, 0.3) is 0 Å². The lowest BCUT2D eigenvalue weighted by Gasteiger charge is -2.49. The number of rotatable bonds is 4. The third-order valence-corrected chi connectivity index (χ3v) is 4.56. The van der Waals surface area contributed by atoms with E-state index in [1.54, 1.807) is 13.2 Å². The van der Waals surface area contributed by atoms with Gasteiger partial charge in [-0.15, -0.1) is 0 Å². The lowest BCUT2D eigenvalue weighted by atomic mass is 9.97. The zero-order chi connectivity index (χ0) is 18.0. The number of benzene rings is 1. The number of carbonyl (C=O) groups is 1. The van der Waals surface area contributed by atoms with Crippen LogP contribution >= 0.6 is 0 Å². The average molecular weight is 341 g/mol. The highest BCUT2D eigenvalue weighted by Crippen LogP contribution is 2.35. The van der Waals surface area contributed by atoms with E-state index >= 15 is 0 Å². The van der Waals surface area contributed by atoms with E-state index in [1.807, 2.05) is 24.3 Å². The molecule has 3 rings (SSSR count). The number of para-hydroxylation sites is 2. The van der Waals surface area contributed by atoms with Gasteiger partial charge in [-0.25, -0.2) is 9.78 Å². The number of hydrogen-bond acceptors (Lipinski definition) is 5. The normalized spacial score (nSPS) is 16.6. The van der Waals surface area contributed by atoms with Crippen LogP contribution in [-0.4, -0.2) is 48.3 Å². The first-order valence-corrected chi connectivity index (χ1v) is 8.28. The van der Waals surface area contributed by atoms with Crippen molar-refractivity contribution in [1.29, 1.82) is 0 Å². The van der Waals surface area contributed by atoms with Gasteiger partial charge in [0.2, 0.25) is 0 Å². The van der Waals surface area contributed by atoms with Gasteiger partial charge in [-0.3, -0.25) is 0 Å². The number of nitrogens with zero attached hydrogens (tertiary/aromatic N) is 3. The Kier molecular flexibility index (Phi) is 4.53. The zero-order valence-corrected chi connectivity index (χ0v) is 14.8. The molecule has 1 N–H and O–H groups in total. The predicted octanol–water partition coefficient (Wildman–Crippen LogP) is 2.89. The molecule has 1 aliphatic rings. The lowest BCUT2D eigenvalue weighted by Crippen LogP contribution is -2.60. The molecule has 1 aliphatic heterocycles. The number of ether oxygens (including phenoxy) is 1. The highest BCUT2D eigenvalue weighted by molar-refractivity contribution is 5.85. The van der Waals surface area contributed by atoms with Gasteiger partial charge < -0.3 is 19.6 Å². The molecule has 132 valence electrons. The van der Waals surface area contributed by atoms with Gasteiger partial charge in [-0.05, 0) is 38.1 Å². The summed E-state index contributed by atoms with van der Waals surface area (Å²) in [4.78, 5) is 19.9. The van der Waals surface area contributed by atoms with Crippen molar-refractivity contribution < 1.29 is 14.6 Å². The number of methoxy groups -OCH3 is 1. The third-order valence-electron chi connectivity index (χ3n) is 4.56. The third kappa shape index (κ3) is 3.38. The molecule has 0 radical (unpaired) electrons. The summed E-state index contributed by atoms with van der Waals surface area (Å²) in [6, 6.07) is 13.1. The minimum absolute atomic E-state index is 0.0717. The van der Waals surface area contributed by atoms with Crippen LogP contribution in [0, 0.1) is 0 Å². The Morgan fingerprint density at radius 3 is 2.60 bits per heavy atom. The van der Waals surface area contributed by atoms with Crippen molar-refractivity contribution >= 4 is 17.5 Å². The molecule has 2 heterocycles. The molecule has 1 saturated heterocycles. The van der Waals surface area contributed by atoms with Crippen LogP contribution in [0.2, 0.25) is 0 Å². The number of aromatic nitrogens is 1. The molecule has 1 aromatic carbocycles. The van der Waals surface area contributed by atoms with E-state index in [0.717, 1.165) is 31.1 Å². The Bertz CT molecular complexity index is 776. The van der Waals surface area contributed by atoms with Crippen molar-refractivity contribution in [1.82, 2.24) is 4.98 Å². The van der Waals surface area contributed by atoms with Gasteiger partial charge in [-0.1, -0.05) is 18.2 Å². The van der Waals surface area contributed by atoms with E-state index < -0.39 is 5.97 Å². The second-order valence-corrected chi connectivity index (χ2v) is 6.74. The lowest BCUT2D eigenvalue weighted by molar-refractivity contribution is 0.0690. The van der Waals surface area contributed by atoms with Crippen LogP contribution in [0.5, 0.6) is 5.75 Å². The summed E-state index contributed by atoms with van der Waals surface area (Å²) >= 11 is 0. The van der Waals surface area contributed by atoms with Crippen LogP contribution in [0.25, 0.3) is 0 Å². The number of carboxylic acids is 1. The van der Waals surface area contributed by atoms with Crippen LogP contribution in [0.15, 0.2) is 42.5 Å².